The zero-order valence-corrected chi connectivity index (χ0v) is 14.5. The van der Waals surface area contributed by atoms with Gasteiger partial charge in [0.25, 0.3) is 21.6 Å². The third-order valence-corrected chi connectivity index (χ3v) is 5.27. The molecule has 0 spiro atoms. The molecular formula is C16H15N3O6S. The van der Waals surface area contributed by atoms with Crippen molar-refractivity contribution in [2.24, 2.45) is 0 Å². The first kappa shape index (κ1) is 17.7. The summed E-state index contributed by atoms with van der Waals surface area (Å²) in [5, 5.41) is 11.1. The van der Waals surface area contributed by atoms with Gasteiger partial charge in [-0.2, -0.15) is 0 Å². The van der Waals surface area contributed by atoms with Gasteiger partial charge in [-0.3, -0.25) is 19.6 Å². The number of nitrogens with zero attached hydrogens (tertiary/aromatic N) is 2. The van der Waals surface area contributed by atoms with Crippen molar-refractivity contribution in [1.29, 1.82) is 0 Å². The Bertz CT molecular complexity index is 989. The fourth-order valence-corrected chi connectivity index (χ4v) is 3.75. The van der Waals surface area contributed by atoms with Crippen molar-refractivity contribution in [2.75, 3.05) is 24.9 Å². The highest BCUT2D eigenvalue weighted by Crippen LogP contribution is 2.29. The van der Waals surface area contributed by atoms with Crippen LogP contribution in [-0.4, -0.2) is 44.3 Å². The van der Waals surface area contributed by atoms with Gasteiger partial charge in [-0.15, -0.1) is 0 Å². The Hall–Kier alpha value is -3.14. The van der Waals surface area contributed by atoms with Crippen LogP contribution in [0.2, 0.25) is 0 Å². The van der Waals surface area contributed by atoms with Crippen LogP contribution < -0.4 is 9.46 Å². The maximum absolute atomic E-state index is 12.6. The van der Waals surface area contributed by atoms with E-state index < -0.39 is 25.5 Å². The predicted molar refractivity (Wildman–Crippen MR) is 92.8 cm³/mol. The van der Waals surface area contributed by atoms with Crippen molar-refractivity contribution >= 4 is 27.3 Å². The number of hydrogen-bond donors (Lipinski definition) is 1. The van der Waals surface area contributed by atoms with Gasteiger partial charge in [-0.05, 0) is 24.3 Å². The van der Waals surface area contributed by atoms with Crippen LogP contribution in [0.3, 0.4) is 0 Å². The summed E-state index contributed by atoms with van der Waals surface area (Å²) in [5.41, 5.74) is -0.212. The molecule has 0 saturated carbocycles. The molecule has 1 amide bonds. The van der Waals surface area contributed by atoms with E-state index in [9.17, 15) is 23.3 Å². The zero-order valence-electron chi connectivity index (χ0n) is 13.7. The molecule has 3 rings (SSSR count). The number of carbonyl (C=O) groups is 1. The number of likely N-dealkylation sites (N-methyl/N-ethyl adjacent to an activating group) is 1. The third kappa shape index (κ3) is 3.31. The molecule has 2 aromatic carbocycles. The van der Waals surface area contributed by atoms with Crippen molar-refractivity contribution in [1.82, 2.24) is 4.90 Å². The molecule has 1 heterocycles. The normalized spacial score (nSPS) is 14.2. The molecule has 2 aromatic rings. The number of nitro benzene ring substituents is 1. The van der Waals surface area contributed by atoms with Crippen LogP contribution in [0, 0.1) is 10.1 Å². The number of anilines is 1. The Labute approximate surface area is 149 Å². The number of ether oxygens (including phenoxy) is 1. The quantitative estimate of drug-likeness (QED) is 0.642. The highest BCUT2D eigenvalue weighted by atomic mass is 32.2. The maximum Gasteiger partial charge on any atom is 0.289 e. The first-order valence-corrected chi connectivity index (χ1v) is 9.06. The van der Waals surface area contributed by atoms with Gasteiger partial charge in [-0.25, -0.2) is 8.42 Å². The maximum atomic E-state index is 12.6. The molecule has 0 bridgehead atoms. The van der Waals surface area contributed by atoms with Crippen molar-refractivity contribution in [3.63, 3.8) is 0 Å². The summed E-state index contributed by atoms with van der Waals surface area (Å²) in [4.78, 5) is 23.7. The van der Waals surface area contributed by atoms with Gasteiger partial charge in [0.2, 0.25) is 0 Å². The Balaban J connectivity index is 1.98. The Morgan fingerprint density at radius 3 is 2.69 bits per heavy atom. The summed E-state index contributed by atoms with van der Waals surface area (Å²) in [6, 6.07) is 9.30. The number of benzene rings is 2. The van der Waals surface area contributed by atoms with Crippen LogP contribution >= 0.6 is 0 Å². The molecule has 10 heteroatoms. The van der Waals surface area contributed by atoms with E-state index in [0.29, 0.717) is 18.9 Å². The van der Waals surface area contributed by atoms with Crippen molar-refractivity contribution in [3.05, 3.63) is 58.1 Å². The fraction of sp³-hybridized carbons (Fsp3) is 0.188. The molecule has 1 aliphatic heterocycles. The SMILES string of the molecule is CN1CCOc2ccc(NS(=O)(=O)c3ccccc3[N+](=O)[O-])cc2C1=O. The molecule has 0 aliphatic carbocycles. The monoisotopic (exact) mass is 377 g/mol. The number of hydrogen-bond acceptors (Lipinski definition) is 6. The van der Waals surface area contributed by atoms with E-state index >= 15 is 0 Å². The molecule has 1 aliphatic rings. The fourth-order valence-electron chi connectivity index (χ4n) is 2.53. The average Bonchev–Trinajstić information content (AvgIpc) is 2.74. The molecule has 136 valence electrons. The van der Waals surface area contributed by atoms with E-state index in [-0.39, 0.29) is 17.2 Å². The molecule has 0 radical (unpaired) electrons. The molecule has 0 saturated heterocycles. The number of rotatable bonds is 4. The molecule has 1 N–H and O–H groups in total. The summed E-state index contributed by atoms with van der Waals surface area (Å²) in [5.74, 6) is 0.0530. The van der Waals surface area contributed by atoms with Crippen LogP contribution in [0.1, 0.15) is 10.4 Å². The first-order valence-electron chi connectivity index (χ1n) is 7.58. The number of para-hydroxylation sites is 1. The summed E-state index contributed by atoms with van der Waals surface area (Å²) in [7, 11) is -2.60. The van der Waals surface area contributed by atoms with Crippen LogP contribution in [0.25, 0.3) is 0 Å². The molecule has 26 heavy (non-hydrogen) atoms. The second-order valence-corrected chi connectivity index (χ2v) is 7.27. The summed E-state index contributed by atoms with van der Waals surface area (Å²) >= 11 is 0. The topological polar surface area (TPSA) is 119 Å². The second-order valence-electron chi connectivity index (χ2n) is 5.62. The molecule has 0 unspecified atom stereocenters. The van der Waals surface area contributed by atoms with Gasteiger partial charge in [-0.1, -0.05) is 12.1 Å². The van der Waals surface area contributed by atoms with Gasteiger partial charge in [0.1, 0.15) is 12.4 Å². The zero-order chi connectivity index (χ0) is 18.9. The Morgan fingerprint density at radius 2 is 1.96 bits per heavy atom. The number of sulfonamides is 1. The van der Waals surface area contributed by atoms with Crippen molar-refractivity contribution < 1.29 is 22.9 Å². The minimum atomic E-state index is -4.21. The highest BCUT2D eigenvalue weighted by molar-refractivity contribution is 7.92. The van der Waals surface area contributed by atoms with E-state index in [2.05, 4.69) is 4.72 Å². The molecular weight excluding hydrogens is 362 g/mol. The van der Waals surface area contributed by atoms with Crippen molar-refractivity contribution in [2.45, 2.75) is 4.90 Å². The lowest BCUT2D eigenvalue weighted by molar-refractivity contribution is -0.387. The lowest BCUT2D eigenvalue weighted by Crippen LogP contribution is -2.27. The molecule has 9 nitrogen and oxygen atoms in total. The smallest absolute Gasteiger partial charge is 0.289 e. The van der Waals surface area contributed by atoms with E-state index in [1.165, 1.54) is 35.2 Å². The number of carbonyl (C=O) groups excluding carboxylic acids is 1. The minimum Gasteiger partial charge on any atom is -0.491 e. The first-order chi connectivity index (χ1) is 12.3. The average molecular weight is 377 g/mol. The van der Waals surface area contributed by atoms with Crippen molar-refractivity contribution in [3.8, 4) is 5.75 Å². The van der Waals surface area contributed by atoms with E-state index in [4.69, 9.17) is 4.74 Å². The second kappa shape index (κ2) is 6.64. The lowest BCUT2D eigenvalue weighted by atomic mass is 10.1. The number of nitrogens with one attached hydrogen (secondary N) is 1. The third-order valence-electron chi connectivity index (χ3n) is 3.84. The van der Waals surface area contributed by atoms with Gasteiger partial charge in [0.15, 0.2) is 4.90 Å². The standard InChI is InChI=1S/C16H15N3O6S/c1-18-8-9-25-14-7-6-11(10-12(14)16(18)20)17-26(23,24)15-5-3-2-4-13(15)19(21)22/h2-7,10,17H,8-9H2,1H3. The summed E-state index contributed by atoms with van der Waals surface area (Å²) < 4.78 is 32.9. The van der Waals surface area contributed by atoms with Crippen LogP contribution in [0.15, 0.2) is 47.4 Å². The highest BCUT2D eigenvalue weighted by Gasteiger charge is 2.26. The number of nitro groups is 1. The van der Waals surface area contributed by atoms with Gasteiger partial charge >= 0.3 is 0 Å². The molecule has 0 fully saturated rings. The Morgan fingerprint density at radius 1 is 1.23 bits per heavy atom. The number of fused-ring (bicyclic) bond motifs is 1. The largest absolute Gasteiger partial charge is 0.491 e. The minimum absolute atomic E-state index is 0.106. The van der Waals surface area contributed by atoms with E-state index in [0.717, 1.165) is 12.1 Å². The molecule has 0 atom stereocenters. The Kier molecular flexibility index (Phi) is 4.51. The predicted octanol–water partition coefficient (Wildman–Crippen LogP) is 1.86. The van der Waals surface area contributed by atoms with Crippen LogP contribution in [0.5, 0.6) is 5.75 Å². The van der Waals surface area contributed by atoms with Gasteiger partial charge in [0.05, 0.1) is 17.0 Å². The van der Waals surface area contributed by atoms with E-state index in [1.807, 2.05) is 0 Å². The lowest BCUT2D eigenvalue weighted by Gasteiger charge is -2.13. The van der Waals surface area contributed by atoms with E-state index in [1.54, 1.807) is 7.05 Å². The van der Waals surface area contributed by atoms with Gasteiger partial charge < -0.3 is 9.64 Å². The van der Waals surface area contributed by atoms with Gasteiger partial charge in [0, 0.05) is 18.8 Å². The van der Waals surface area contributed by atoms with Crippen LogP contribution in [-0.2, 0) is 10.0 Å². The summed E-state index contributed by atoms with van der Waals surface area (Å²) in [6.07, 6.45) is 0. The molecule has 0 aromatic heterocycles. The van der Waals surface area contributed by atoms with Crippen LogP contribution in [0.4, 0.5) is 11.4 Å². The summed E-state index contributed by atoms with van der Waals surface area (Å²) in [6.45, 7) is 0.737. The number of amides is 1.